The van der Waals surface area contributed by atoms with Gasteiger partial charge in [-0.25, -0.2) is 18.3 Å². The maximum absolute atomic E-state index is 14.0. The molecule has 0 radical (unpaired) electrons. The molecule has 2 aliphatic rings. The average Bonchev–Trinajstić information content (AvgIpc) is 3.42. The molecule has 1 N–H and O–H groups in total. The van der Waals surface area contributed by atoms with Crippen LogP contribution < -0.4 is 5.32 Å². The van der Waals surface area contributed by atoms with Crippen molar-refractivity contribution in [2.45, 2.75) is 31.6 Å². The summed E-state index contributed by atoms with van der Waals surface area (Å²) < 4.78 is 69.0. The molecule has 8 nitrogen and oxygen atoms in total. The Bertz CT molecular complexity index is 1660. The number of likely N-dealkylation sites (tertiary alicyclic amines) is 1. The number of urea groups is 1. The van der Waals surface area contributed by atoms with E-state index in [-0.39, 0.29) is 23.5 Å². The number of pyridine rings is 1. The summed E-state index contributed by atoms with van der Waals surface area (Å²) in [6.45, 7) is 0.942. The van der Waals surface area contributed by atoms with Gasteiger partial charge >= 0.3 is 12.2 Å². The van der Waals surface area contributed by atoms with Gasteiger partial charge in [0.25, 0.3) is 5.91 Å². The summed E-state index contributed by atoms with van der Waals surface area (Å²) in [4.78, 5) is 33.5. The molecule has 216 valence electrons. The number of carbonyl (C=O) groups excluding carboxylic acids is 2. The van der Waals surface area contributed by atoms with E-state index in [0.717, 1.165) is 11.6 Å². The Morgan fingerprint density at radius 3 is 2.50 bits per heavy atom. The molecule has 0 aliphatic carbocycles. The van der Waals surface area contributed by atoms with Crippen molar-refractivity contribution in [3.05, 3.63) is 95.4 Å². The first-order valence-corrected chi connectivity index (χ1v) is 13.1. The first-order chi connectivity index (χ1) is 20.1. The molecule has 1 fully saturated rings. The molecular formula is C29H23F5N6O2. The Balaban J connectivity index is 1.23. The molecule has 4 heterocycles. The smallest absolute Gasteiger partial charge is 0.337 e. The van der Waals surface area contributed by atoms with E-state index in [1.54, 1.807) is 28.0 Å². The summed E-state index contributed by atoms with van der Waals surface area (Å²) in [6, 6.07) is 11.1. The van der Waals surface area contributed by atoms with Crippen molar-refractivity contribution in [3.63, 3.8) is 0 Å². The van der Waals surface area contributed by atoms with Gasteiger partial charge in [0.2, 0.25) is 0 Å². The SMILES string of the molecule is O=C(c1cc(-c2cccnc2)n(-c2ccc(F)c(C(F)(F)F)c2)n1)N1CCC(N2Cc3ccc(F)cc3NC2=O)CC1. The zero-order chi connectivity index (χ0) is 29.6. The van der Waals surface area contributed by atoms with Crippen molar-refractivity contribution in [3.8, 4) is 16.9 Å². The number of nitrogens with zero attached hydrogens (tertiary/aromatic N) is 5. The number of benzene rings is 2. The standard InChI is InChI=1S/C29H23F5N6O2/c30-19-4-3-18-16-39(28(42)36-24(18)12-19)20-7-10-38(11-8-20)27(41)25-14-26(17-2-1-9-35-15-17)40(37-25)21-5-6-23(31)22(13-21)29(32,33)34/h1-6,9,12-15,20H,7-8,10-11,16H2,(H,36,42). The summed E-state index contributed by atoms with van der Waals surface area (Å²) >= 11 is 0. The highest BCUT2D eigenvalue weighted by Crippen LogP contribution is 2.34. The van der Waals surface area contributed by atoms with E-state index >= 15 is 0 Å². The molecule has 0 unspecified atom stereocenters. The minimum Gasteiger partial charge on any atom is -0.337 e. The number of rotatable bonds is 4. The third-order valence-corrected chi connectivity index (χ3v) is 7.49. The number of anilines is 1. The molecule has 0 atom stereocenters. The number of carbonyl (C=O) groups is 2. The molecule has 0 saturated carbocycles. The number of amides is 3. The van der Waals surface area contributed by atoms with Crippen LogP contribution in [0.4, 0.5) is 32.4 Å². The first-order valence-electron chi connectivity index (χ1n) is 13.1. The molecule has 0 bridgehead atoms. The van der Waals surface area contributed by atoms with Crippen LogP contribution in [0.1, 0.15) is 34.5 Å². The Morgan fingerprint density at radius 2 is 1.79 bits per heavy atom. The molecule has 2 aliphatic heterocycles. The Hall–Kier alpha value is -4.81. The molecule has 2 aromatic heterocycles. The van der Waals surface area contributed by atoms with Crippen LogP contribution in [0.2, 0.25) is 0 Å². The maximum atomic E-state index is 14.0. The maximum Gasteiger partial charge on any atom is 0.419 e. The number of alkyl halides is 3. The Kier molecular flexibility index (Phi) is 6.87. The van der Waals surface area contributed by atoms with Crippen molar-refractivity contribution >= 4 is 17.6 Å². The van der Waals surface area contributed by atoms with Crippen LogP contribution in [0.3, 0.4) is 0 Å². The van der Waals surface area contributed by atoms with Crippen LogP contribution in [-0.2, 0) is 12.7 Å². The molecule has 42 heavy (non-hydrogen) atoms. The number of piperidine rings is 1. The molecule has 2 aromatic carbocycles. The van der Waals surface area contributed by atoms with Gasteiger partial charge in [-0.05, 0) is 66.9 Å². The van der Waals surface area contributed by atoms with Crippen molar-refractivity contribution in [2.24, 2.45) is 0 Å². The summed E-state index contributed by atoms with van der Waals surface area (Å²) in [6.07, 6.45) is -0.941. The van der Waals surface area contributed by atoms with E-state index in [1.165, 1.54) is 35.3 Å². The van der Waals surface area contributed by atoms with Gasteiger partial charge in [-0.2, -0.15) is 18.3 Å². The van der Waals surface area contributed by atoms with Crippen LogP contribution >= 0.6 is 0 Å². The highest BCUT2D eigenvalue weighted by atomic mass is 19.4. The Labute approximate surface area is 236 Å². The molecule has 0 spiro atoms. The van der Waals surface area contributed by atoms with Crippen LogP contribution in [0.5, 0.6) is 0 Å². The lowest BCUT2D eigenvalue weighted by atomic mass is 10.0. The van der Waals surface area contributed by atoms with Gasteiger partial charge in [0.15, 0.2) is 5.69 Å². The van der Waals surface area contributed by atoms with Gasteiger partial charge in [-0.15, -0.1) is 0 Å². The van der Waals surface area contributed by atoms with E-state index in [1.807, 2.05) is 0 Å². The van der Waals surface area contributed by atoms with E-state index < -0.39 is 29.3 Å². The monoisotopic (exact) mass is 582 g/mol. The van der Waals surface area contributed by atoms with Gasteiger partial charge in [0.1, 0.15) is 11.6 Å². The van der Waals surface area contributed by atoms with E-state index in [9.17, 15) is 31.5 Å². The fourth-order valence-corrected chi connectivity index (χ4v) is 5.35. The van der Waals surface area contributed by atoms with Gasteiger partial charge in [-0.1, -0.05) is 6.07 Å². The fraction of sp³-hybridized carbons (Fsp3) is 0.241. The second-order valence-corrected chi connectivity index (χ2v) is 10.1. The normalized spacial score (nSPS) is 15.9. The van der Waals surface area contributed by atoms with Gasteiger partial charge in [0, 0.05) is 43.6 Å². The largest absolute Gasteiger partial charge is 0.419 e. The van der Waals surface area contributed by atoms with Crippen LogP contribution in [-0.4, -0.2) is 55.6 Å². The van der Waals surface area contributed by atoms with Crippen LogP contribution in [0.25, 0.3) is 16.9 Å². The van der Waals surface area contributed by atoms with Gasteiger partial charge in [0.05, 0.1) is 22.6 Å². The van der Waals surface area contributed by atoms with Crippen LogP contribution in [0, 0.1) is 11.6 Å². The van der Waals surface area contributed by atoms with Gasteiger partial charge < -0.3 is 15.1 Å². The van der Waals surface area contributed by atoms with Crippen molar-refractivity contribution in [1.29, 1.82) is 0 Å². The lowest BCUT2D eigenvalue weighted by Crippen LogP contribution is -2.51. The molecule has 3 amide bonds. The highest BCUT2D eigenvalue weighted by Gasteiger charge is 2.36. The predicted molar refractivity (Wildman–Crippen MR) is 142 cm³/mol. The molecular weight excluding hydrogens is 559 g/mol. The number of halogens is 5. The summed E-state index contributed by atoms with van der Waals surface area (Å²) in [7, 11) is 0. The number of nitrogens with one attached hydrogen (secondary N) is 1. The summed E-state index contributed by atoms with van der Waals surface area (Å²) in [5.74, 6) is -2.29. The predicted octanol–water partition coefficient (Wildman–Crippen LogP) is 5.88. The van der Waals surface area contributed by atoms with Crippen molar-refractivity contribution in [1.82, 2.24) is 24.6 Å². The van der Waals surface area contributed by atoms with E-state index in [0.29, 0.717) is 61.6 Å². The summed E-state index contributed by atoms with van der Waals surface area (Å²) in [5.41, 5.74) is 0.508. The number of fused-ring (bicyclic) bond motifs is 1. The summed E-state index contributed by atoms with van der Waals surface area (Å²) in [5, 5.41) is 7.06. The van der Waals surface area contributed by atoms with E-state index in [2.05, 4.69) is 15.4 Å². The number of hydrogen-bond donors (Lipinski definition) is 1. The third kappa shape index (κ3) is 5.17. The second kappa shape index (κ2) is 10.5. The lowest BCUT2D eigenvalue weighted by molar-refractivity contribution is -0.140. The zero-order valence-electron chi connectivity index (χ0n) is 21.9. The average molecular weight is 583 g/mol. The Morgan fingerprint density at radius 1 is 1.00 bits per heavy atom. The van der Waals surface area contributed by atoms with Crippen molar-refractivity contribution < 1.29 is 31.5 Å². The number of hydrogen-bond acceptors (Lipinski definition) is 4. The first kappa shape index (κ1) is 27.4. The highest BCUT2D eigenvalue weighted by molar-refractivity contribution is 5.94. The molecule has 6 rings (SSSR count). The second-order valence-electron chi connectivity index (χ2n) is 10.1. The molecule has 1 saturated heterocycles. The van der Waals surface area contributed by atoms with E-state index in [4.69, 9.17) is 0 Å². The molecule has 4 aromatic rings. The minimum absolute atomic E-state index is 0.00291. The fourth-order valence-electron chi connectivity index (χ4n) is 5.35. The minimum atomic E-state index is -4.92. The third-order valence-electron chi connectivity index (χ3n) is 7.49. The topological polar surface area (TPSA) is 83.4 Å². The zero-order valence-corrected chi connectivity index (χ0v) is 21.9. The van der Waals surface area contributed by atoms with Crippen LogP contribution in [0.15, 0.2) is 67.0 Å². The lowest BCUT2D eigenvalue weighted by Gasteiger charge is -2.40. The van der Waals surface area contributed by atoms with Crippen molar-refractivity contribution in [2.75, 3.05) is 18.4 Å². The van der Waals surface area contributed by atoms with Gasteiger partial charge in [-0.3, -0.25) is 9.78 Å². The molecule has 13 heteroatoms. The quantitative estimate of drug-likeness (QED) is 0.305. The number of aromatic nitrogens is 3.